The molecule has 6 atom stereocenters. The Kier molecular flexibility index (Phi) is 9.19. The van der Waals surface area contributed by atoms with Gasteiger partial charge in [0.15, 0.2) is 0 Å². The third kappa shape index (κ3) is 6.15. The maximum Gasteiger partial charge on any atom is 0.232 e. The highest BCUT2D eigenvalue weighted by atomic mass is 16.2. The van der Waals surface area contributed by atoms with Crippen LogP contribution in [0.3, 0.4) is 0 Å². The Balaban J connectivity index is 1.07. The van der Waals surface area contributed by atoms with E-state index in [-0.39, 0.29) is 34.5 Å². The molecule has 2 saturated carbocycles. The summed E-state index contributed by atoms with van der Waals surface area (Å²) < 4.78 is 0. The summed E-state index contributed by atoms with van der Waals surface area (Å²) in [5.74, 6) is 0.280. The average molecular weight is 707 g/mol. The minimum Gasteiger partial charge on any atom is -0.363 e. The number of imide groups is 1. The molecule has 0 unspecified atom stereocenters. The topological polar surface area (TPSA) is 49.4 Å². The lowest BCUT2D eigenvalue weighted by Crippen LogP contribution is -2.60. The first-order valence-corrected chi connectivity index (χ1v) is 20.4. The summed E-state index contributed by atoms with van der Waals surface area (Å²) >= 11 is 0. The summed E-state index contributed by atoms with van der Waals surface area (Å²) in [6, 6.07) is 35.5. The number of hydrogen-bond acceptors (Lipinski definition) is 3. The lowest BCUT2D eigenvalue weighted by atomic mass is 9.49. The maximum absolute atomic E-state index is 14.7. The van der Waals surface area contributed by atoms with E-state index < -0.39 is 10.8 Å². The number of rotatable bonds is 7. The molecule has 2 fully saturated rings. The van der Waals surface area contributed by atoms with Crippen molar-refractivity contribution in [3.05, 3.63) is 136 Å². The summed E-state index contributed by atoms with van der Waals surface area (Å²) in [4.78, 5) is 31.9. The molecule has 4 aliphatic rings. The fourth-order valence-corrected chi connectivity index (χ4v) is 12.0. The van der Waals surface area contributed by atoms with E-state index in [2.05, 4.69) is 142 Å². The number of carbonyl (C=O) groups is 2. The van der Waals surface area contributed by atoms with Gasteiger partial charge in [-0.05, 0) is 126 Å². The second-order valence-electron chi connectivity index (χ2n) is 18.2. The fraction of sp³-hybridized carbons (Fsp3) is 0.469. The van der Waals surface area contributed by atoms with Gasteiger partial charge in [0, 0.05) is 18.8 Å². The molecule has 4 nitrogen and oxygen atoms in total. The molecule has 4 aliphatic carbocycles. The monoisotopic (exact) mass is 706 g/mol. The van der Waals surface area contributed by atoms with Crippen LogP contribution in [0.1, 0.15) is 118 Å². The van der Waals surface area contributed by atoms with Crippen molar-refractivity contribution in [2.75, 3.05) is 4.90 Å². The number of anilines is 1. The van der Waals surface area contributed by atoms with Crippen molar-refractivity contribution in [3.8, 4) is 0 Å². The van der Waals surface area contributed by atoms with Crippen molar-refractivity contribution >= 4 is 17.5 Å². The van der Waals surface area contributed by atoms with Gasteiger partial charge >= 0.3 is 0 Å². The normalized spacial score (nSPS) is 30.2. The Labute approximate surface area is 317 Å². The zero-order valence-corrected chi connectivity index (χ0v) is 32.6. The van der Waals surface area contributed by atoms with E-state index >= 15 is 0 Å². The van der Waals surface area contributed by atoms with Crippen LogP contribution in [-0.2, 0) is 46.4 Å². The van der Waals surface area contributed by atoms with Crippen LogP contribution in [0, 0.1) is 29.6 Å². The van der Waals surface area contributed by atoms with E-state index in [4.69, 9.17) is 0 Å². The SMILES string of the molecule is Cc1ccc2c(c1)[C@@]1(C)CCC[C@](C)(C(=O)NC(=O)[C@@]3(C)CCC[C@]4(C)c5cc(N(Cc6ccccc6)Cc6ccccc6)ccc5CC[C@@H]34)[C@@H]1CC2. The van der Waals surface area contributed by atoms with Crippen LogP contribution in [0.4, 0.5) is 5.69 Å². The van der Waals surface area contributed by atoms with E-state index in [0.717, 1.165) is 77.3 Å². The van der Waals surface area contributed by atoms with Gasteiger partial charge in [-0.15, -0.1) is 0 Å². The summed E-state index contributed by atoms with van der Waals surface area (Å²) in [6.45, 7) is 13.0. The van der Waals surface area contributed by atoms with E-state index in [1.165, 1.54) is 44.6 Å². The minimum absolute atomic E-state index is 0.0426. The molecule has 53 heavy (non-hydrogen) atoms. The number of fused-ring (bicyclic) bond motifs is 6. The zero-order chi connectivity index (χ0) is 37.0. The Hall–Kier alpha value is -4.18. The predicted molar refractivity (Wildman–Crippen MR) is 216 cm³/mol. The van der Waals surface area contributed by atoms with Crippen LogP contribution in [0.2, 0.25) is 0 Å². The molecule has 0 aliphatic heterocycles. The maximum atomic E-state index is 14.7. The number of nitrogens with one attached hydrogen (secondary N) is 1. The Morgan fingerprint density at radius 1 is 0.623 bits per heavy atom. The molecule has 2 amide bonds. The standard InChI is InChI=1S/C49H58N2O2/c1-34-18-19-37-21-24-42-46(2,40(37)30-34)26-12-28-48(42,4)44(52)50-45(53)49(5)29-13-27-47(3)41-31-39(23-20-38(41)22-25-43(47)49)51(32-35-14-8-6-9-15-35)33-36-16-10-7-11-17-36/h6-11,14-20,23,30-31,42-43H,12-13,21-22,24-29,32-33H2,1-5H3,(H,50,52,53)/t42-,43-,46-,47-,48+,49+/m1/s1. The molecule has 0 aromatic heterocycles. The van der Waals surface area contributed by atoms with Gasteiger partial charge in [-0.25, -0.2) is 0 Å². The van der Waals surface area contributed by atoms with Crippen LogP contribution >= 0.6 is 0 Å². The molecule has 4 aromatic rings. The van der Waals surface area contributed by atoms with Gasteiger partial charge in [0.1, 0.15) is 0 Å². The molecule has 1 N–H and O–H groups in total. The van der Waals surface area contributed by atoms with E-state index in [9.17, 15) is 9.59 Å². The highest BCUT2D eigenvalue weighted by Crippen LogP contribution is 2.59. The van der Waals surface area contributed by atoms with Gasteiger partial charge in [-0.3, -0.25) is 14.9 Å². The highest BCUT2D eigenvalue weighted by molar-refractivity contribution is 6.01. The van der Waals surface area contributed by atoms with E-state index in [1.807, 2.05) is 0 Å². The first-order valence-electron chi connectivity index (χ1n) is 20.4. The summed E-state index contributed by atoms with van der Waals surface area (Å²) in [7, 11) is 0. The number of benzene rings is 4. The second-order valence-corrected chi connectivity index (χ2v) is 18.2. The van der Waals surface area contributed by atoms with Crippen LogP contribution < -0.4 is 10.2 Å². The van der Waals surface area contributed by atoms with Gasteiger partial charge in [0.25, 0.3) is 0 Å². The third-order valence-electron chi connectivity index (χ3n) is 14.9. The predicted octanol–water partition coefficient (Wildman–Crippen LogP) is 10.6. The number of nitrogens with zero attached hydrogens (tertiary/aromatic N) is 1. The van der Waals surface area contributed by atoms with Crippen molar-refractivity contribution < 1.29 is 9.59 Å². The third-order valence-corrected chi connectivity index (χ3v) is 14.9. The van der Waals surface area contributed by atoms with Gasteiger partial charge in [0.2, 0.25) is 11.8 Å². The lowest BCUT2D eigenvalue weighted by Gasteiger charge is -2.56. The van der Waals surface area contributed by atoms with Crippen molar-refractivity contribution in [2.45, 2.75) is 123 Å². The Morgan fingerprint density at radius 3 is 1.60 bits per heavy atom. The van der Waals surface area contributed by atoms with Crippen LogP contribution in [-0.4, -0.2) is 11.8 Å². The number of amides is 2. The summed E-state index contributed by atoms with van der Waals surface area (Å²) in [5, 5.41) is 3.16. The van der Waals surface area contributed by atoms with Gasteiger partial charge in [0.05, 0.1) is 10.8 Å². The molecule has 0 bridgehead atoms. The molecule has 0 spiro atoms. The Morgan fingerprint density at radius 2 is 1.09 bits per heavy atom. The van der Waals surface area contributed by atoms with Crippen LogP contribution in [0.15, 0.2) is 97.1 Å². The highest BCUT2D eigenvalue weighted by Gasteiger charge is 2.58. The first kappa shape index (κ1) is 35.8. The largest absolute Gasteiger partial charge is 0.363 e. The summed E-state index contributed by atoms with van der Waals surface area (Å²) in [6.07, 6.45) is 9.70. The van der Waals surface area contributed by atoms with Gasteiger partial charge in [-0.2, -0.15) is 0 Å². The fourth-order valence-electron chi connectivity index (χ4n) is 12.0. The number of carbonyl (C=O) groups excluding carboxylic acids is 2. The molecule has 8 rings (SSSR count). The van der Waals surface area contributed by atoms with Crippen molar-refractivity contribution in [2.24, 2.45) is 22.7 Å². The van der Waals surface area contributed by atoms with Crippen LogP contribution in [0.5, 0.6) is 0 Å². The molecular weight excluding hydrogens is 649 g/mol. The van der Waals surface area contributed by atoms with Gasteiger partial charge < -0.3 is 4.90 Å². The van der Waals surface area contributed by atoms with E-state index in [1.54, 1.807) is 0 Å². The smallest absolute Gasteiger partial charge is 0.232 e. The second kappa shape index (κ2) is 13.6. The average Bonchev–Trinajstić information content (AvgIpc) is 3.15. The van der Waals surface area contributed by atoms with Crippen molar-refractivity contribution in [3.63, 3.8) is 0 Å². The summed E-state index contributed by atoms with van der Waals surface area (Å²) in [5.41, 5.74) is 9.36. The molecule has 276 valence electrons. The lowest BCUT2D eigenvalue weighted by molar-refractivity contribution is -0.150. The number of hydrogen-bond donors (Lipinski definition) is 1. The minimum atomic E-state index is -0.616. The van der Waals surface area contributed by atoms with Crippen molar-refractivity contribution in [1.29, 1.82) is 0 Å². The molecule has 4 aromatic carbocycles. The molecular formula is C49H58N2O2. The molecule has 0 heterocycles. The van der Waals surface area contributed by atoms with Crippen LogP contribution in [0.25, 0.3) is 0 Å². The Bertz CT molecular complexity index is 1960. The first-order chi connectivity index (χ1) is 25.4. The van der Waals surface area contributed by atoms with Gasteiger partial charge in [-0.1, -0.05) is 131 Å². The van der Waals surface area contributed by atoms with Crippen molar-refractivity contribution in [1.82, 2.24) is 5.32 Å². The molecule has 4 heteroatoms. The molecule has 0 radical (unpaired) electrons. The zero-order valence-electron chi connectivity index (χ0n) is 32.6. The molecule has 0 saturated heterocycles. The quantitative estimate of drug-likeness (QED) is 0.195. The number of aryl methyl sites for hydroxylation is 3. The van der Waals surface area contributed by atoms with E-state index in [0.29, 0.717) is 0 Å².